The van der Waals surface area contributed by atoms with Crippen molar-refractivity contribution in [3.05, 3.63) is 35.5 Å². The summed E-state index contributed by atoms with van der Waals surface area (Å²) in [4.78, 5) is 0. The zero-order chi connectivity index (χ0) is 9.40. The van der Waals surface area contributed by atoms with E-state index in [-0.39, 0.29) is 0 Å². The van der Waals surface area contributed by atoms with Crippen LogP contribution in [0.5, 0.6) is 0 Å². The summed E-state index contributed by atoms with van der Waals surface area (Å²) < 4.78 is 0. The molecule has 1 N–H and O–H groups in total. The second-order valence-corrected chi connectivity index (χ2v) is 2.57. The van der Waals surface area contributed by atoms with Gasteiger partial charge < -0.3 is 5.41 Å². The summed E-state index contributed by atoms with van der Waals surface area (Å²) in [5.41, 5.74) is 2.12. The molecule has 66 valence electrons. The lowest BCUT2D eigenvalue weighted by molar-refractivity contribution is 1.22. The third kappa shape index (κ3) is 3.91. The Morgan fingerprint density at radius 1 is 1.42 bits per heavy atom. The fraction of sp³-hybridized carbons (Fsp3) is 0.364. The lowest BCUT2D eigenvalue weighted by Gasteiger charge is -1.97. The fourth-order valence-electron chi connectivity index (χ4n) is 0.870. The molecule has 0 fully saturated rings. The number of nitrogens with one attached hydrogen (secondary N) is 1. The molecule has 0 aromatic carbocycles. The maximum atomic E-state index is 7.11. The first-order valence-corrected chi connectivity index (χ1v) is 4.26. The van der Waals surface area contributed by atoms with Crippen LogP contribution in [-0.2, 0) is 0 Å². The predicted molar refractivity (Wildman–Crippen MR) is 55.7 cm³/mol. The zero-order valence-corrected chi connectivity index (χ0v) is 8.09. The summed E-state index contributed by atoms with van der Waals surface area (Å²) in [6, 6.07) is 0. The van der Waals surface area contributed by atoms with Gasteiger partial charge in [-0.15, -0.1) is 0 Å². The quantitative estimate of drug-likeness (QED) is 0.484. The van der Waals surface area contributed by atoms with Crippen LogP contribution in [0.15, 0.2) is 35.5 Å². The molecule has 0 spiro atoms. The first-order chi connectivity index (χ1) is 5.76. The molecular weight excluding hydrogens is 146 g/mol. The highest BCUT2D eigenvalue weighted by atomic mass is 14.3. The van der Waals surface area contributed by atoms with Gasteiger partial charge in [0, 0.05) is 6.21 Å². The molecule has 0 atom stereocenters. The fourth-order valence-corrected chi connectivity index (χ4v) is 0.870. The minimum absolute atomic E-state index is 0.982. The number of rotatable bonds is 4. The third-order valence-corrected chi connectivity index (χ3v) is 1.64. The van der Waals surface area contributed by atoms with Crippen molar-refractivity contribution >= 4 is 6.21 Å². The van der Waals surface area contributed by atoms with Gasteiger partial charge >= 0.3 is 0 Å². The molecule has 0 radical (unpaired) electrons. The van der Waals surface area contributed by atoms with Crippen LogP contribution in [0.3, 0.4) is 0 Å². The summed E-state index contributed by atoms with van der Waals surface area (Å²) in [6.45, 7) is 6.06. The molecule has 12 heavy (non-hydrogen) atoms. The Kier molecular flexibility index (Phi) is 5.98. The molecule has 0 aromatic rings. The van der Waals surface area contributed by atoms with Crippen LogP contribution >= 0.6 is 0 Å². The van der Waals surface area contributed by atoms with E-state index in [1.807, 2.05) is 32.1 Å². The Labute approximate surface area is 75.0 Å². The first-order valence-electron chi connectivity index (χ1n) is 4.26. The molecule has 0 amide bonds. The van der Waals surface area contributed by atoms with Crippen LogP contribution in [-0.4, -0.2) is 6.21 Å². The van der Waals surface area contributed by atoms with E-state index in [1.165, 1.54) is 6.21 Å². The van der Waals surface area contributed by atoms with Gasteiger partial charge in [0.05, 0.1) is 0 Å². The highest BCUT2D eigenvalue weighted by molar-refractivity contribution is 5.81. The average Bonchev–Trinajstić information content (AvgIpc) is 2.07. The molecule has 0 rings (SSSR count). The van der Waals surface area contributed by atoms with Crippen molar-refractivity contribution in [1.29, 1.82) is 5.41 Å². The van der Waals surface area contributed by atoms with E-state index < -0.39 is 0 Å². The van der Waals surface area contributed by atoms with Crippen molar-refractivity contribution in [1.82, 2.24) is 0 Å². The zero-order valence-electron chi connectivity index (χ0n) is 8.09. The Balaban J connectivity index is 4.35. The van der Waals surface area contributed by atoms with Crippen molar-refractivity contribution in [3.63, 3.8) is 0 Å². The van der Waals surface area contributed by atoms with Gasteiger partial charge in [-0.3, -0.25) is 0 Å². The van der Waals surface area contributed by atoms with E-state index in [0.29, 0.717) is 0 Å². The summed E-state index contributed by atoms with van der Waals surface area (Å²) in [5, 5.41) is 7.11. The first kappa shape index (κ1) is 10.9. The van der Waals surface area contributed by atoms with Gasteiger partial charge in [-0.1, -0.05) is 31.2 Å². The van der Waals surface area contributed by atoms with Crippen LogP contribution in [0.1, 0.15) is 27.2 Å². The van der Waals surface area contributed by atoms with Crippen molar-refractivity contribution in [3.8, 4) is 0 Å². The molecule has 0 aliphatic carbocycles. The topological polar surface area (TPSA) is 23.9 Å². The smallest absolute Gasteiger partial charge is 0.0249 e. The van der Waals surface area contributed by atoms with Crippen LogP contribution in [0.25, 0.3) is 0 Å². The highest BCUT2D eigenvalue weighted by Crippen LogP contribution is 2.05. The number of hydrogen-bond donors (Lipinski definition) is 1. The number of hydrogen-bond acceptors (Lipinski definition) is 1. The minimum Gasteiger partial charge on any atom is -0.308 e. The SMILES string of the molecule is C\C=C(C=N)/C(C)=C\C=C\CC. The largest absolute Gasteiger partial charge is 0.308 e. The van der Waals surface area contributed by atoms with E-state index in [4.69, 9.17) is 5.41 Å². The second-order valence-electron chi connectivity index (χ2n) is 2.57. The van der Waals surface area contributed by atoms with Gasteiger partial charge in [-0.2, -0.15) is 0 Å². The lowest BCUT2D eigenvalue weighted by atomic mass is 10.1. The van der Waals surface area contributed by atoms with Crippen molar-refractivity contribution in [2.75, 3.05) is 0 Å². The summed E-state index contributed by atoms with van der Waals surface area (Å²) in [5.74, 6) is 0. The van der Waals surface area contributed by atoms with Crippen LogP contribution < -0.4 is 0 Å². The molecule has 0 heterocycles. The summed E-state index contributed by atoms with van der Waals surface area (Å²) >= 11 is 0. The Hall–Kier alpha value is -1.11. The Morgan fingerprint density at radius 3 is 2.50 bits per heavy atom. The van der Waals surface area contributed by atoms with E-state index in [2.05, 4.69) is 13.0 Å². The summed E-state index contributed by atoms with van der Waals surface area (Å²) in [6.07, 6.45) is 10.5. The van der Waals surface area contributed by atoms with Crippen LogP contribution in [0.2, 0.25) is 0 Å². The number of allylic oxidation sites excluding steroid dienone is 6. The van der Waals surface area contributed by atoms with E-state index in [0.717, 1.165) is 17.6 Å². The summed E-state index contributed by atoms with van der Waals surface area (Å²) in [7, 11) is 0. The molecule has 0 bridgehead atoms. The molecule has 0 aliphatic rings. The van der Waals surface area contributed by atoms with E-state index in [1.54, 1.807) is 0 Å². The molecule has 0 saturated carbocycles. The molecule has 0 unspecified atom stereocenters. The second kappa shape index (κ2) is 6.59. The Bertz CT molecular complexity index is 219. The van der Waals surface area contributed by atoms with Gasteiger partial charge in [0.1, 0.15) is 0 Å². The molecule has 1 nitrogen and oxygen atoms in total. The molecule has 0 aromatic heterocycles. The van der Waals surface area contributed by atoms with Crippen LogP contribution in [0.4, 0.5) is 0 Å². The standard InChI is InChI=1S/C11H17N/c1-4-6-7-8-10(3)11(5-2)9-12/h5-9,12H,4H2,1-3H3/b7-6+,10-8-,11-5-,12-9?. The van der Waals surface area contributed by atoms with Crippen molar-refractivity contribution < 1.29 is 0 Å². The van der Waals surface area contributed by atoms with Crippen molar-refractivity contribution in [2.45, 2.75) is 27.2 Å². The molecule has 0 saturated heterocycles. The van der Waals surface area contributed by atoms with E-state index >= 15 is 0 Å². The predicted octanol–water partition coefficient (Wildman–Crippen LogP) is 3.49. The highest BCUT2D eigenvalue weighted by Gasteiger charge is 1.90. The molecule has 0 aliphatic heterocycles. The third-order valence-electron chi connectivity index (χ3n) is 1.64. The minimum atomic E-state index is 0.982. The van der Waals surface area contributed by atoms with Crippen LogP contribution in [0, 0.1) is 5.41 Å². The lowest BCUT2D eigenvalue weighted by Crippen LogP contribution is -1.84. The Morgan fingerprint density at radius 2 is 2.08 bits per heavy atom. The normalized spacial score (nSPS) is 13.9. The van der Waals surface area contributed by atoms with Gasteiger partial charge in [0.25, 0.3) is 0 Å². The molecule has 1 heteroatoms. The maximum Gasteiger partial charge on any atom is 0.0249 e. The maximum absolute atomic E-state index is 7.11. The van der Waals surface area contributed by atoms with E-state index in [9.17, 15) is 0 Å². The van der Waals surface area contributed by atoms with Gasteiger partial charge in [-0.25, -0.2) is 0 Å². The van der Waals surface area contributed by atoms with Crippen molar-refractivity contribution in [2.24, 2.45) is 0 Å². The van der Waals surface area contributed by atoms with Gasteiger partial charge in [0.15, 0.2) is 0 Å². The van der Waals surface area contributed by atoms with Gasteiger partial charge in [0.2, 0.25) is 0 Å². The molecular formula is C11H17N. The monoisotopic (exact) mass is 163 g/mol. The van der Waals surface area contributed by atoms with Gasteiger partial charge in [-0.05, 0) is 31.4 Å². The average molecular weight is 163 g/mol.